The first-order valence-corrected chi connectivity index (χ1v) is 9.71. The van der Waals surface area contributed by atoms with Crippen molar-refractivity contribution in [2.75, 3.05) is 5.32 Å². The van der Waals surface area contributed by atoms with Crippen LogP contribution >= 0.6 is 0 Å². The van der Waals surface area contributed by atoms with E-state index >= 15 is 0 Å². The molecule has 0 bridgehead atoms. The molecular formula is C24H18F3N3O2. The molecule has 3 aromatic carbocycles. The number of hydrogen-bond acceptors (Lipinski definition) is 4. The predicted molar refractivity (Wildman–Crippen MR) is 115 cm³/mol. The summed E-state index contributed by atoms with van der Waals surface area (Å²) < 4.78 is 46.8. The molecule has 162 valence electrons. The molecule has 0 aliphatic carbocycles. The first-order valence-electron chi connectivity index (χ1n) is 9.71. The van der Waals surface area contributed by atoms with Gasteiger partial charge in [-0.1, -0.05) is 54.6 Å². The average molecular weight is 437 g/mol. The monoisotopic (exact) mass is 437 g/mol. The Morgan fingerprint density at radius 3 is 2.19 bits per heavy atom. The molecule has 4 rings (SSSR count). The summed E-state index contributed by atoms with van der Waals surface area (Å²) in [6, 6.07) is 25.2. The number of alkyl halides is 3. The van der Waals surface area contributed by atoms with E-state index in [0.29, 0.717) is 23.3 Å². The number of nitrogens with one attached hydrogen (secondary N) is 1. The smallest absolute Gasteiger partial charge is 0.433 e. The summed E-state index contributed by atoms with van der Waals surface area (Å²) in [5.41, 5.74) is -0.895. The molecule has 0 spiro atoms. The maximum atomic E-state index is 13.3. The molecule has 5 nitrogen and oxygen atoms in total. The van der Waals surface area contributed by atoms with Crippen molar-refractivity contribution in [3.63, 3.8) is 0 Å². The maximum absolute atomic E-state index is 13.3. The van der Waals surface area contributed by atoms with E-state index in [0.717, 1.165) is 10.1 Å². The SMILES string of the molecule is O=c1cc(C(F)(F)F)nc(Nc2cccc(Oc3ccccc3)c2)n1Cc1ccccc1. The highest BCUT2D eigenvalue weighted by Crippen LogP contribution is 2.29. The highest BCUT2D eigenvalue weighted by Gasteiger charge is 2.34. The summed E-state index contributed by atoms with van der Waals surface area (Å²) in [5, 5.41) is 2.84. The Hall–Kier alpha value is -4.07. The molecule has 1 aromatic heterocycles. The second-order valence-corrected chi connectivity index (χ2v) is 6.94. The summed E-state index contributed by atoms with van der Waals surface area (Å²) in [7, 11) is 0. The molecular weight excluding hydrogens is 419 g/mol. The largest absolute Gasteiger partial charge is 0.457 e. The van der Waals surface area contributed by atoms with Crippen molar-refractivity contribution in [1.29, 1.82) is 0 Å². The topological polar surface area (TPSA) is 56.1 Å². The Morgan fingerprint density at radius 1 is 0.844 bits per heavy atom. The van der Waals surface area contributed by atoms with E-state index in [9.17, 15) is 18.0 Å². The van der Waals surface area contributed by atoms with E-state index in [1.807, 2.05) is 24.3 Å². The molecule has 0 saturated heterocycles. The van der Waals surface area contributed by atoms with E-state index in [-0.39, 0.29) is 12.5 Å². The number of rotatable bonds is 6. The quantitative estimate of drug-likeness (QED) is 0.411. The summed E-state index contributed by atoms with van der Waals surface area (Å²) in [5.74, 6) is 0.874. The molecule has 0 saturated carbocycles. The molecule has 1 N–H and O–H groups in total. The molecule has 0 atom stereocenters. The van der Waals surface area contributed by atoms with Crippen molar-refractivity contribution < 1.29 is 17.9 Å². The number of ether oxygens (including phenoxy) is 1. The zero-order valence-electron chi connectivity index (χ0n) is 16.7. The van der Waals surface area contributed by atoms with Crippen molar-refractivity contribution in [1.82, 2.24) is 9.55 Å². The highest BCUT2D eigenvalue weighted by molar-refractivity contribution is 5.57. The minimum Gasteiger partial charge on any atom is -0.457 e. The summed E-state index contributed by atoms with van der Waals surface area (Å²) in [6.07, 6.45) is -4.75. The van der Waals surface area contributed by atoms with Crippen LogP contribution < -0.4 is 15.6 Å². The maximum Gasteiger partial charge on any atom is 0.433 e. The van der Waals surface area contributed by atoms with Crippen LogP contribution in [0.15, 0.2) is 95.8 Å². The van der Waals surface area contributed by atoms with Crippen molar-refractivity contribution in [3.05, 3.63) is 113 Å². The molecule has 0 fully saturated rings. The van der Waals surface area contributed by atoms with Gasteiger partial charge in [-0.2, -0.15) is 13.2 Å². The van der Waals surface area contributed by atoms with E-state index in [2.05, 4.69) is 10.3 Å². The minimum absolute atomic E-state index is 0.0628. The van der Waals surface area contributed by atoms with Gasteiger partial charge in [0, 0.05) is 17.8 Å². The lowest BCUT2D eigenvalue weighted by Gasteiger charge is -2.16. The number of anilines is 2. The van der Waals surface area contributed by atoms with Crippen LogP contribution in [0.5, 0.6) is 11.5 Å². The highest BCUT2D eigenvalue weighted by atomic mass is 19.4. The van der Waals surface area contributed by atoms with E-state index in [4.69, 9.17) is 4.74 Å². The second kappa shape index (κ2) is 8.97. The van der Waals surface area contributed by atoms with Gasteiger partial charge in [0.1, 0.15) is 11.5 Å². The predicted octanol–water partition coefficient (Wildman–Crippen LogP) is 5.85. The molecule has 8 heteroatoms. The van der Waals surface area contributed by atoms with Gasteiger partial charge in [0.15, 0.2) is 5.69 Å². The molecule has 0 unspecified atom stereocenters. The molecule has 32 heavy (non-hydrogen) atoms. The van der Waals surface area contributed by atoms with Crippen LogP contribution in [0.2, 0.25) is 0 Å². The number of para-hydroxylation sites is 1. The van der Waals surface area contributed by atoms with E-state index in [1.165, 1.54) is 0 Å². The van der Waals surface area contributed by atoms with Crippen LogP contribution in [0.4, 0.5) is 24.8 Å². The van der Waals surface area contributed by atoms with Crippen molar-refractivity contribution >= 4 is 11.6 Å². The average Bonchev–Trinajstić information content (AvgIpc) is 2.77. The minimum atomic E-state index is -4.75. The first-order chi connectivity index (χ1) is 15.4. The summed E-state index contributed by atoms with van der Waals surface area (Å²) in [4.78, 5) is 16.3. The number of aromatic nitrogens is 2. The van der Waals surface area contributed by atoms with Gasteiger partial charge in [-0.15, -0.1) is 0 Å². The first kappa shape index (κ1) is 21.2. The van der Waals surface area contributed by atoms with Crippen molar-refractivity contribution in [2.24, 2.45) is 0 Å². The van der Waals surface area contributed by atoms with E-state index in [1.54, 1.807) is 60.7 Å². The zero-order chi connectivity index (χ0) is 22.6. The number of halogens is 3. The number of nitrogens with zero attached hydrogens (tertiary/aromatic N) is 2. The Bertz CT molecular complexity index is 1260. The molecule has 0 radical (unpaired) electrons. The Labute approximate surface area is 181 Å². The van der Waals surface area contributed by atoms with Crippen LogP contribution in [0, 0.1) is 0 Å². The lowest BCUT2D eigenvalue weighted by molar-refractivity contribution is -0.141. The molecule has 0 aliphatic rings. The molecule has 4 aromatic rings. The molecule has 0 aliphatic heterocycles. The Morgan fingerprint density at radius 2 is 1.50 bits per heavy atom. The zero-order valence-corrected chi connectivity index (χ0v) is 16.7. The van der Waals surface area contributed by atoms with Crippen LogP contribution in [0.3, 0.4) is 0 Å². The van der Waals surface area contributed by atoms with Gasteiger partial charge in [-0.05, 0) is 29.8 Å². The lowest BCUT2D eigenvalue weighted by Crippen LogP contribution is -2.27. The normalized spacial score (nSPS) is 11.2. The van der Waals surface area contributed by atoms with Gasteiger partial charge in [-0.25, -0.2) is 4.98 Å². The van der Waals surface area contributed by atoms with Crippen LogP contribution in [-0.4, -0.2) is 9.55 Å². The van der Waals surface area contributed by atoms with Crippen molar-refractivity contribution in [3.8, 4) is 11.5 Å². The van der Waals surface area contributed by atoms with Gasteiger partial charge in [0.2, 0.25) is 5.95 Å². The third kappa shape index (κ3) is 5.15. The fourth-order valence-electron chi connectivity index (χ4n) is 3.06. The summed E-state index contributed by atoms with van der Waals surface area (Å²) in [6.45, 7) is 0.0628. The van der Waals surface area contributed by atoms with E-state index < -0.39 is 17.4 Å². The van der Waals surface area contributed by atoms with Crippen LogP contribution in [0.25, 0.3) is 0 Å². The molecule has 0 amide bonds. The number of hydrogen-bond donors (Lipinski definition) is 1. The third-order valence-corrected chi connectivity index (χ3v) is 4.55. The molecule has 1 heterocycles. The van der Waals surface area contributed by atoms with Gasteiger partial charge < -0.3 is 10.1 Å². The Balaban J connectivity index is 1.69. The number of benzene rings is 3. The van der Waals surface area contributed by atoms with Gasteiger partial charge >= 0.3 is 6.18 Å². The fourth-order valence-corrected chi connectivity index (χ4v) is 3.06. The standard InChI is InChI=1S/C24H18F3N3O2/c25-24(26,27)21-15-22(31)30(16-17-8-3-1-4-9-17)23(29-21)28-18-10-7-13-20(14-18)32-19-11-5-2-6-12-19/h1-15H,16H2,(H,28,29). The van der Waals surface area contributed by atoms with Gasteiger partial charge in [-0.3, -0.25) is 9.36 Å². The lowest BCUT2D eigenvalue weighted by atomic mass is 10.2. The van der Waals surface area contributed by atoms with Gasteiger partial charge in [0.25, 0.3) is 5.56 Å². The Kier molecular flexibility index (Phi) is 5.93. The van der Waals surface area contributed by atoms with Crippen LogP contribution in [0.1, 0.15) is 11.3 Å². The van der Waals surface area contributed by atoms with Crippen molar-refractivity contribution in [2.45, 2.75) is 12.7 Å². The van der Waals surface area contributed by atoms with Crippen LogP contribution in [-0.2, 0) is 12.7 Å². The fraction of sp³-hybridized carbons (Fsp3) is 0.0833. The third-order valence-electron chi connectivity index (χ3n) is 4.55. The second-order valence-electron chi connectivity index (χ2n) is 6.94. The van der Waals surface area contributed by atoms with Gasteiger partial charge in [0.05, 0.1) is 6.54 Å². The summed E-state index contributed by atoms with van der Waals surface area (Å²) >= 11 is 0.